The van der Waals surface area contributed by atoms with Crippen molar-refractivity contribution in [2.75, 3.05) is 40.0 Å². The summed E-state index contributed by atoms with van der Waals surface area (Å²) < 4.78 is 16.7. The highest BCUT2D eigenvalue weighted by Gasteiger charge is 2.25. The normalized spacial score (nSPS) is 14.0. The third kappa shape index (κ3) is 27.2. The number of carbonyl (C=O) groups is 3. The molecule has 0 unspecified atom stereocenters. The smallest absolute Gasteiger partial charge is 0.309 e. The van der Waals surface area contributed by atoms with Gasteiger partial charge in [0.25, 0.3) is 0 Å². The van der Waals surface area contributed by atoms with Gasteiger partial charge in [0.05, 0.1) is 25.7 Å². The minimum absolute atomic E-state index is 0.000131. The number of unbranched alkanes of at least 4 members (excludes halogenated alkanes) is 18. The van der Waals surface area contributed by atoms with Crippen molar-refractivity contribution in [3.8, 4) is 0 Å². The molecular formula is C41H77NO6. The van der Waals surface area contributed by atoms with Gasteiger partial charge in [-0.15, -0.1) is 0 Å². The van der Waals surface area contributed by atoms with E-state index in [1.54, 1.807) is 0 Å². The van der Waals surface area contributed by atoms with Crippen molar-refractivity contribution < 1.29 is 28.6 Å². The van der Waals surface area contributed by atoms with Crippen LogP contribution < -0.4 is 0 Å². The number of ether oxygens (including phenoxy) is 3. The summed E-state index contributed by atoms with van der Waals surface area (Å²) >= 11 is 0. The molecule has 0 saturated carbocycles. The average Bonchev–Trinajstić information content (AvgIpc) is 3.08. The van der Waals surface area contributed by atoms with Crippen molar-refractivity contribution in [3.63, 3.8) is 0 Å². The van der Waals surface area contributed by atoms with Gasteiger partial charge >= 0.3 is 17.9 Å². The van der Waals surface area contributed by atoms with E-state index >= 15 is 0 Å². The van der Waals surface area contributed by atoms with Crippen LogP contribution in [0.15, 0.2) is 0 Å². The fourth-order valence-corrected chi connectivity index (χ4v) is 6.62. The molecule has 0 radical (unpaired) electrons. The highest BCUT2D eigenvalue weighted by molar-refractivity contribution is 5.72. The number of likely N-dealkylation sites (tertiary alicyclic amines) is 1. The summed E-state index contributed by atoms with van der Waals surface area (Å²) in [5.41, 5.74) is 0. The number of rotatable bonds is 33. The van der Waals surface area contributed by atoms with Gasteiger partial charge < -0.3 is 19.1 Å². The number of hydrogen-bond acceptors (Lipinski definition) is 7. The minimum atomic E-state index is -0.0431. The van der Waals surface area contributed by atoms with E-state index in [1.807, 2.05) is 0 Å². The van der Waals surface area contributed by atoms with E-state index in [0.29, 0.717) is 38.6 Å². The zero-order valence-electron chi connectivity index (χ0n) is 31.9. The largest absolute Gasteiger partial charge is 0.466 e. The molecule has 1 aliphatic rings. The lowest BCUT2D eigenvalue weighted by molar-refractivity contribution is -0.151. The van der Waals surface area contributed by atoms with Crippen LogP contribution in [0.4, 0.5) is 0 Å². The fraction of sp³-hybridized carbons (Fsp3) is 0.927. The zero-order valence-corrected chi connectivity index (χ0v) is 31.9. The van der Waals surface area contributed by atoms with Gasteiger partial charge in [0, 0.05) is 12.8 Å². The first kappa shape index (κ1) is 44.4. The maximum absolute atomic E-state index is 12.8. The first-order valence-electron chi connectivity index (χ1n) is 20.6. The van der Waals surface area contributed by atoms with Crippen molar-refractivity contribution in [3.05, 3.63) is 0 Å². The van der Waals surface area contributed by atoms with Crippen LogP contribution in [0.25, 0.3) is 0 Å². The van der Waals surface area contributed by atoms with Crippen molar-refractivity contribution in [2.24, 2.45) is 11.8 Å². The van der Waals surface area contributed by atoms with Crippen LogP contribution >= 0.6 is 0 Å². The molecule has 1 saturated heterocycles. The predicted molar refractivity (Wildman–Crippen MR) is 198 cm³/mol. The van der Waals surface area contributed by atoms with Gasteiger partial charge in [0.1, 0.15) is 0 Å². The molecule has 0 aromatic rings. The number of piperidine rings is 1. The van der Waals surface area contributed by atoms with Gasteiger partial charge in [-0.05, 0) is 77.4 Å². The Morgan fingerprint density at radius 2 is 0.938 bits per heavy atom. The van der Waals surface area contributed by atoms with Crippen LogP contribution in [0.3, 0.4) is 0 Å². The second-order valence-electron chi connectivity index (χ2n) is 14.7. The SMILES string of the molecule is CCCCCCCCOC(=O)CCCCCCCC(CCCCCCCC(=O)OCCCCCCCC)COC(=O)C1CCN(C)CC1. The molecule has 0 spiro atoms. The van der Waals surface area contributed by atoms with Gasteiger partial charge in [-0.2, -0.15) is 0 Å². The molecule has 282 valence electrons. The van der Waals surface area contributed by atoms with E-state index < -0.39 is 0 Å². The Morgan fingerprint density at radius 1 is 0.542 bits per heavy atom. The zero-order chi connectivity index (χ0) is 34.9. The highest BCUT2D eigenvalue weighted by atomic mass is 16.5. The lowest BCUT2D eigenvalue weighted by Crippen LogP contribution is -2.34. The van der Waals surface area contributed by atoms with E-state index in [-0.39, 0.29) is 23.8 Å². The molecule has 1 aliphatic heterocycles. The standard InChI is InChI=1S/C41H77NO6/c1-4-6-8-10-18-24-34-46-39(43)28-22-16-12-14-20-26-37(36-48-41(45)38-30-32-42(3)33-31-38)27-21-15-13-17-23-29-40(44)47-35-25-19-11-9-7-5-2/h37-38H,4-36H2,1-3H3. The topological polar surface area (TPSA) is 82.1 Å². The Kier molecular flexibility index (Phi) is 30.1. The summed E-state index contributed by atoms with van der Waals surface area (Å²) in [6.45, 7) is 8.07. The van der Waals surface area contributed by atoms with Gasteiger partial charge in [-0.3, -0.25) is 14.4 Å². The van der Waals surface area contributed by atoms with Crippen molar-refractivity contribution >= 4 is 17.9 Å². The summed E-state index contributed by atoms with van der Waals surface area (Å²) in [5.74, 6) is 0.378. The Balaban J connectivity index is 2.20. The molecule has 0 amide bonds. The summed E-state index contributed by atoms with van der Waals surface area (Å²) in [7, 11) is 2.11. The number of esters is 3. The number of nitrogens with zero attached hydrogens (tertiary/aromatic N) is 1. The summed E-state index contributed by atoms with van der Waals surface area (Å²) in [5, 5.41) is 0. The molecule has 1 heterocycles. The minimum Gasteiger partial charge on any atom is -0.466 e. The van der Waals surface area contributed by atoms with Gasteiger partial charge in [-0.1, -0.05) is 129 Å². The molecule has 7 heteroatoms. The quantitative estimate of drug-likeness (QED) is 0.0388. The maximum atomic E-state index is 12.8. The van der Waals surface area contributed by atoms with E-state index in [4.69, 9.17) is 14.2 Å². The highest BCUT2D eigenvalue weighted by Crippen LogP contribution is 2.22. The Hall–Kier alpha value is -1.63. The number of carbonyl (C=O) groups excluding carboxylic acids is 3. The Bertz CT molecular complexity index is 722. The first-order chi connectivity index (χ1) is 23.5. The van der Waals surface area contributed by atoms with Gasteiger partial charge in [0.2, 0.25) is 0 Å². The maximum Gasteiger partial charge on any atom is 0.309 e. The summed E-state index contributed by atoms with van der Waals surface area (Å²) in [6, 6.07) is 0. The molecule has 48 heavy (non-hydrogen) atoms. The lowest BCUT2D eigenvalue weighted by Gasteiger charge is -2.28. The molecule has 0 aromatic carbocycles. The molecule has 0 aromatic heterocycles. The second-order valence-corrected chi connectivity index (χ2v) is 14.7. The Labute approximate surface area is 296 Å². The molecular weight excluding hydrogens is 602 g/mol. The molecule has 0 N–H and O–H groups in total. The van der Waals surface area contributed by atoms with Crippen LogP contribution in [0.5, 0.6) is 0 Å². The van der Waals surface area contributed by atoms with Crippen molar-refractivity contribution in [1.82, 2.24) is 4.90 Å². The Morgan fingerprint density at radius 3 is 1.40 bits per heavy atom. The lowest BCUT2D eigenvalue weighted by atomic mass is 9.94. The van der Waals surface area contributed by atoms with Crippen LogP contribution in [0.1, 0.15) is 194 Å². The van der Waals surface area contributed by atoms with Crippen LogP contribution in [0.2, 0.25) is 0 Å². The molecule has 0 atom stereocenters. The second kappa shape index (κ2) is 32.6. The molecule has 7 nitrogen and oxygen atoms in total. The van der Waals surface area contributed by atoms with Crippen LogP contribution in [0, 0.1) is 11.8 Å². The first-order valence-corrected chi connectivity index (χ1v) is 20.6. The predicted octanol–water partition coefficient (Wildman–Crippen LogP) is 10.8. The van der Waals surface area contributed by atoms with E-state index in [1.165, 1.54) is 51.4 Å². The molecule has 1 fully saturated rings. The van der Waals surface area contributed by atoms with Gasteiger partial charge in [0.15, 0.2) is 0 Å². The van der Waals surface area contributed by atoms with E-state index in [9.17, 15) is 14.4 Å². The third-order valence-electron chi connectivity index (χ3n) is 10.0. The van der Waals surface area contributed by atoms with Gasteiger partial charge in [-0.25, -0.2) is 0 Å². The third-order valence-corrected chi connectivity index (χ3v) is 10.0. The fourth-order valence-electron chi connectivity index (χ4n) is 6.62. The van der Waals surface area contributed by atoms with Crippen molar-refractivity contribution in [2.45, 2.75) is 194 Å². The van der Waals surface area contributed by atoms with E-state index in [2.05, 4.69) is 25.8 Å². The van der Waals surface area contributed by atoms with Crippen molar-refractivity contribution in [1.29, 1.82) is 0 Å². The number of hydrogen-bond donors (Lipinski definition) is 0. The monoisotopic (exact) mass is 680 g/mol. The molecule has 0 aliphatic carbocycles. The average molecular weight is 680 g/mol. The summed E-state index contributed by atoms with van der Waals surface area (Å²) in [6.07, 6.45) is 30.3. The van der Waals surface area contributed by atoms with Crippen LogP contribution in [-0.4, -0.2) is 62.8 Å². The van der Waals surface area contributed by atoms with Crippen LogP contribution in [-0.2, 0) is 28.6 Å². The summed E-state index contributed by atoms with van der Waals surface area (Å²) in [4.78, 5) is 39.1. The van der Waals surface area contributed by atoms with E-state index in [0.717, 1.165) is 129 Å². The molecule has 0 bridgehead atoms. The molecule has 1 rings (SSSR count).